The molecule has 2 aliphatic rings. The summed E-state index contributed by atoms with van der Waals surface area (Å²) < 4.78 is 4.91. The fraction of sp³-hybridized carbons (Fsp3) is 0.400. The van der Waals surface area contributed by atoms with Crippen molar-refractivity contribution in [3.8, 4) is 6.07 Å². The average molecular weight is 302 g/mol. The highest BCUT2D eigenvalue weighted by Gasteiger charge is 2.57. The van der Waals surface area contributed by atoms with Crippen molar-refractivity contribution >= 4 is 23.6 Å². The SMILES string of the molecule is N#CCOC(=O)[C@H]1CS[C@]2(c3ccccc3)CCC(=O)N12. The first kappa shape index (κ1) is 14.0. The van der Waals surface area contributed by atoms with Crippen LogP contribution in [0.25, 0.3) is 0 Å². The van der Waals surface area contributed by atoms with Crippen molar-refractivity contribution in [1.82, 2.24) is 4.90 Å². The molecule has 1 amide bonds. The van der Waals surface area contributed by atoms with Gasteiger partial charge in [0.15, 0.2) is 6.61 Å². The lowest BCUT2D eigenvalue weighted by atomic mass is 10.0. The lowest BCUT2D eigenvalue weighted by Gasteiger charge is -2.33. The van der Waals surface area contributed by atoms with E-state index < -0.39 is 16.9 Å². The average Bonchev–Trinajstić information content (AvgIpc) is 3.06. The second-order valence-corrected chi connectivity index (χ2v) is 6.30. The molecule has 0 aliphatic carbocycles. The van der Waals surface area contributed by atoms with Gasteiger partial charge in [0.05, 0.1) is 0 Å². The predicted octanol–water partition coefficient (Wildman–Crippen LogP) is 1.64. The summed E-state index contributed by atoms with van der Waals surface area (Å²) in [5, 5.41) is 8.51. The molecule has 2 saturated heterocycles. The number of carbonyl (C=O) groups excluding carboxylic acids is 2. The maximum Gasteiger partial charge on any atom is 0.330 e. The zero-order valence-corrected chi connectivity index (χ0v) is 12.1. The largest absolute Gasteiger partial charge is 0.449 e. The van der Waals surface area contributed by atoms with E-state index in [4.69, 9.17) is 10.00 Å². The lowest BCUT2D eigenvalue weighted by Crippen LogP contribution is -2.46. The van der Waals surface area contributed by atoms with Crippen molar-refractivity contribution in [2.24, 2.45) is 0 Å². The molecule has 21 heavy (non-hydrogen) atoms. The maximum atomic E-state index is 12.3. The number of fused-ring (bicyclic) bond motifs is 1. The fourth-order valence-corrected chi connectivity index (χ4v) is 4.65. The Hall–Kier alpha value is -2.00. The van der Waals surface area contributed by atoms with Crippen LogP contribution in [-0.4, -0.2) is 35.2 Å². The minimum Gasteiger partial charge on any atom is -0.449 e. The zero-order valence-electron chi connectivity index (χ0n) is 11.3. The number of thioether (sulfide) groups is 1. The van der Waals surface area contributed by atoms with Crippen molar-refractivity contribution in [1.29, 1.82) is 5.26 Å². The third kappa shape index (κ3) is 2.18. The van der Waals surface area contributed by atoms with Crippen LogP contribution in [0.3, 0.4) is 0 Å². The quantitative estimate of drug-likeness (QED) is 0.794. The van der Waals surface area contributed by atoms with E-state index in [-0.39, 0.29) is 12.5 Å². The Balaban J connectivity index is 1.92. The summed E-state index contributed by atoms with van der Waals surface area (Å²) in [5.41, 5.74) is 1.04. The molecule has 0 bridgehead atoms. The van der Waals surface area contributed by atoms with Crippen LogP contribution in [-0.2, 0) is 19.2 Å². The minimum absolute atomic E-state index is 0.0252. The van der Waals surface area contributed by atoms with Crippen LogP contribution in [0.5, 0.6) is 0 Å². The Morgan fingerprint density at radius 2 is 2.24 bits per heavy atom. The van der Waals surface area contributed by atoms with E-state index in [1.54, 1.807) is 22.7 Å². The molecule has 0 radical (unpaired) electrons. The van der Waals surface area contributed by atoms with Crippen LogP contribution in [0.4, 0.5) is 0 Å². The van der Waals surface area contributed by atoms with E-state index in [1.807, 2.05) is 30.3 Å². The van der Waals surface area contributed by atoms with Crippen LogP contribution in [0.1, 0.15) is 18.4 Å². The van der Waals surface area contributed by atoms with Crippen molar-refractivity contribution in [2.75, 3.05) is 12.4 Å². The highest BCUT2D eigenvalue weighted by atomic mass is 32.2. The lowest BCUT2D eigenvalue weighted by molar-refractivity contribution is -0.152. The molecule has 3 rings (SSSR count). The van der Waals surface area contributed by atoms with Crippen LogP contribution in [0.15, 0.2) is 30.3 Å². The second-order valence-electron chi connectivity index (χ2n) is 5.01. The van der Waals surface area contributed by atoms with Crippen LogP contribution >= 0.6 is 11.8 Å². The van der Waals surface area contributed by atoms with Crippen LogP contribution in [0, 0.1) is 11.3 Å². The third-order valence-electron chi connectivity index (χ3n) is 3.90. The van der Waals surface area contributed by atoms with Gasteiger partial charge in [-0.2, -0.15) is 5.26 Å². The number of ether oxygens (including phenoxy) is 1. The topological polar surface area (TPSA) is 70.4 Å². The van der Waals surface area contributed by atoms with Gasteiger partial charge in [0.25, 0.3) is 0 Å². The maximum absolute atomic E-state index is 12.3. The molecular formula is C15H14N2O3S. The van der Waals surface area contributed by atoms with Crippen LogP contribution < -0.4 is 0 Å². The first-order valence-corrected chi connectivity index (χ1v) is 7.73. The smallest absolute Gasteiger partial charge is 0.330 e. The van der Waals surface area contributed by atoms with E-state index in [9.17, 15) is 9.59 Å². The van der Waals surface area contributed by atoms with Gasteiger partial charge in [-0.3, -0.25) is 4.79 Å². The standard InChI is InChI=1S/C15H14N2O3S/c16-8-9-20-14(19)12-10-21-15(7-6-13(18)17(12)15)11-4-2-1-3-5-11/h1-5,12H,6-7,9-10H2/t12-,15+/m1/s1. The van der Waals surface area contributed by atoms with Crippen LogP contribution in [0.2, 0.25) is 0 Å². The Labute approximate surface area is 126 Å². The first-order chi connectivity index (χ1) is 10.2. The van der Waals surface area contributed by atoms with Gasteiger partial charge in [0.2, 0.25) is 5.91 Å². The fourth-order valence-electron chi connectivity index (χ4n) is 3.02. The molecule has 0 N–H and O–H groups in total. The van der Waals surface area contributed by atoms with Crippen molar-refractivity contribution < 1.29 is 14.3 Å². The Kier molecular flexibility index (Phi) is 3.60. The number of benzene rings is 1. The zero-order chi connectivity index (χ0) is 14.9. The van der Waals surface area contributed by atoms with Gasteiger partial charge in [-0.05, 0) is 12.0 Å². The molecule has 0 aromatic heterocycles. The van der Waals surface area contributed by atoms with E-state index >= 15 is 0 Å². The summed E-state index contributed by atoms with van der Waals surface area (Å²) >= 11 is 1.61. The first-order valence-electron chi connectivity index (χ1n) is 6.74. The Morgan fingerprint density at radius 3 is 2.95 bits per heavy atom. The molecule has 2 atom stereocenters. The second kappa shape index (κ2) is 5.41. The van der Waals surface area contributed by atoms with E-state index in [0.29, 0.717) is 18.6 Å². The summed E-state index contributed by atoms with van der Waals surface area (Å²) in [7, 11) is 0. The van der Waals surface area contributed by atoms with Gasteiger partial charge in [-0.15, -0.1) is 11.8 Å². The van der Waals surface area contributed by atoms with Gasteiger partial charge >= 0.3 is 5.97 Å². The van der Waals surface area contributed by atoms with E-state index in [2.05, 4.69) is 0 Å². The summed E-state index contributed by atoms with van der Waals surface area (Å²) in [6.07, 6.45) is 1.13. The number of rotatable bonds is 3. The molecule has 1 aromatic carbocycles. The summed E-state index contributed by atoms with van der Waals surface area (Å²) in [4.78, 5) is 25.5. The Morgan fingerprint density at radius 1 is 1.48 bits per heavy atom. The molecule has 1 aromatic rings. The monoisotopic (exact) mass is 302 g/mol. The van der Waals surface area contributed by atoms with Crippen molar-refractivity contribution in [2.45, 2.75) is 23.8 Å². The van der Waals surface area contributed by atoms with E-state index in [0.717, 1.165) is 5.56 Å². The van der Waals surface area contributed by atoms with Gasteiger partial charge in [0.1, 0.15) is 17.0 Å². The highest BCUT2D eigenvalue weighted by molar-refractivity contribution is 8.00. The number of hydrogen-bond donors (Lipinski definition) is 0. The minimum atomic E-state index is -0.599. The summed E-state index contributed by atoms with van der Waals surface area (Å²) in [6, 6.07) is 11.0. The number of carbonyl (C=O) groups is 2. The van der Waals surface area contributed by atoms with Gasteiger partial charge < -0.3 is 9.64 Å². The molecule has 0 spiro atoms. The molecule has 5 nitrogen and oxygen atoms in total. The normalized spacial score (nSPS) is 27.3. The molecule has 2 aliphatic heterocycles. The van der Waals surface area contributed by atoms with Gasteiger partial charge in [0, 0.05) is 12.2 Å². The molecule has 6 heteroatoms. The van der Waals surface area contributed by atoms with Gasteiger partial charge in [-0.25, -0.2) is 4.79 Å². The number of nitriles is 1. The van der Waals surface area contributed by atoms with Crippen molar-refractivity contribution in [3.05, 3.63) is 35.9 Å². The van der Waals surface area contributed by atoms with Gasteiger partial charge in [-0.1, -0.05) is 30.3 Å². The molecule has 2 heterocycles. The molecule has 0 saturated carbocycles. The van der Waals surface area contributed by atoms with Crippen molar-refractivity contribution in [3.63, 3.8) is 0 Å². The molecule has 0 unspecified atom stereocenters. The molecular weight excluding hydrogens is 288 g/mol. The predicted molar refractivity (Wildman–Crippen MR) is 77.0 cm³/mol. The Bertz CT molecular complexity index is 613. The number of esters is 1. The molecule has 2 fully saturated rings. The third-order valence-corrected chi connectivity index (χ3v) is 5.50. The number of amides is 1. The summed E-state index contributed by atoms with van der Waals surface area (Å²) in [5.74, 6) is -0.00915. The highest BCUT2D eigenvalue weighted by Crippen LogP contribution is 2.54. The number of nitrogens with zero attached hydrogens (tertiary/aromatic N) is 2. The summed E-state index contributed by atoms with van der Waals surface area (Å²) in [6.45, 7) is -0.277. The molecule has 108 valence electrons. The number of hydrogen-bond acceptors (Lipinski definition) is 5. The van der Waals surface area contributed by atoms with E-state index in [1.165, 1.54) is 0 Å².